The van der Waals surface area contributed by atoms with Crippen molar-refractivity contribution in [2.45, 2.75) is 19.8 Å². The van der Waals surface area contributed by atoms with E-state index in [1.807, 2.05) is 6.92 Å². The number of nitrogen functional groups attached to an aromatic ring is 1. The fraction of sp³-hybridized carbons (Fsp3) is 0.308. The van der Waals surface area contributed by atoms with E-state index in [0.29, 0.717) is 17.2 Å². The van der Waals surface area contributed by atoms with Crippen molar-refractivity contribution < 1.29 is 8.78 Å². The maximum Gasteiger partial charge on any atom is 0.152 e. The van der Waals surface area contributed by atoms with Crippen LogP contribution in [0.4, 0.5) is 26.0 Å². The zero-order valence-electron chi connectivity index (χ0n) is 10.9. The molecule has 0 fully saturated rings. The number of aryl methyl sites for hydroxylation is 2. The minimum absolute atomic E-state index is 0.301. The van der Waals surface area contributed by atoms with E-state index in [1.54, 1.807) is 11.7 Å². The summed E-state index contributed by atoms with van der Waals surface area (Å²) < 4.78 is 27.8. The number of nitrogens with one attached hydrogen (secondary N) is 1. The first kappa shape index (κ1) is 13.3. The first-order valence-electron chi connectivity index (χ1n) is 6.05. The van der Waals surface area contributed by atoms with Crippen molar-refractivity contribution in [1.29, 1.82) is 0 Å². The quantitative estimate of drug-likeness (QED) is 0.894. The number of benzene rings is 1. The second-order valence-corrected chi connectivity index (χ2v) is 4.37. The number of hydrogen-bond acceptors (Lipinski definition) is 3. The summed E-state index contributed by atoms with van der Waals surface area (Å²) in [6, 6.07) is 3.23. The molecule has 2 aromatic rings. The molecule has 0 saturated carbocycles. The molecule has 0 amide bonds. The Hall–Kier alpha value is -2.11. The van der Waals surface area contributed by atoms with Gasteiger partial charge in [-0.1, -0.05) is 13.3 Å². The Balaban J connectivity index is 2.32. The smallest absolute Gasteiger partial charge is 0.152 e. The van der Waals surface area contributed by atoms with E-state index in [-0.39, 0.29) is 0 Å². The van der Waals surface area contributed by atoms with Gasteiger partial charge in [-0.25, -0.2) is 8.78 Å². The molecule has 19 heavy (non-hydrogen) atoms. The Labute approximate surface area is 110 Å². The number of halogens is 2. The minimum Gasteiger partial charge on any atom is -0.394 e. The van der Waals surface area contributed by atoms with Crippen LogP contribution in [-0.4, -0.2) is 9.78 Å². The molecule has 0 bridgehead atoms. The summed E-state index contributed by atoms with van der Waals surface area (Å²) in [4.78, 5) is 0. The molecular formula is C13H16F2N4. The van der Waals surface area contributed by atoms with Crippen LogP contribution in [0.15, 0.2) is 18.2 Å². The van der Waals surface area contributed by atoms with Crippen LogP contribution in [0.5, 0.6) is 0 Å². The summed E-state index contributed by atoms with van der Waals surface area (Å²) in [5, 5.41) is 7.18. The molecule has 2 rings (SSSR count). The van der Waals surface area contributed by atoms with Crippen molar-refractivity contribution in [2.24, 2.45) is 7.05 Å². The molecule has 0 spiro atoms. The van der Waals surface area contributed by atoms with Crippen LogP contribution in [0, 0.1) is 11.6 Å². The van der Waals surface area contributed by atoms with Gasteiger partial charge in [0.1, 0.15) is 11.6 Å². The van der Waals surface area contributed by atoms with Crippen LogP contribution < -0.4 is 11.1 Å². The molecule has 0 radical (unpaired) electrons. The first-order valence-corrected chi connectivity index (χ1v) is 6.05. The number of nitrogens with two attached hydrogens (primary N) is 1. The Bertz CT molecular complexity index is 572. The molecule has 1 aromatic heterocycles. The van der Waals surface area contributed by atoms with Gasteiger partial charge >= 0.3 is 0 Å². The lowest BCUT2D eigenvalue weighted by molar-refractivity contribution is 0.584. The molecule has 1 aromatic carbocycles. The van der Waals surface area contributed by atoms with Crippen LogP contribution in [-0.2, 0) is 13.5 Å². The van der Waals surface area contributed by atoms with E-state index in [0.717, 1.165) is 24.6 Å². The van der Waals surface area contributed by atoms with Gasteiger partial charge in [-0.15, -0.1) is 0 Å². The zero-order chi connectivity index (χ0) is 14.0. The molecule has 4 nitrogen and oxygen atoms in total. The summed E-state index contributed by atoms with van der Waals surface area (Å²) in [5.41, 5.74) is 7.57. The van der Waals surface area contributed by atoms with Crippen molar-refractivity contribution >= 4 is 17.2 Å². The van der Waals surface area contributed by atoms with Gasteiger partial charge in [-0.3, -0.25) is 4.68 Å². The maximum absolute atomic E-state index is 13.1. The summed E-state index contributed by atoms with van der Waals surface area (Å²) >= 11 is 0. The summed E-state index contributed by atoms with van der Waals surface area (Å²) in [7, 11) is 1.73. The number of aromatic nitrogens is 2. The highest BCUT2D eigenvalue weighted by molar-refractivity contribution is 5.71. The van der Waals surface area contributed by atoms with Gasteiger partial charge in [-0.05, 0) is 18.6 Å². The van der Waals surface area contributed by atoms with Crippen molar-refractivity contribution in [3.63, 3.8) is 0 Å². The maximum atomic E-state index is 13.1. The van der Waals surface area contributed by atoms with Gasteiger partial charge < -0.3 is 11.1 Å². The molecule has 6 heteroatoms. The minimum atomic E-state index is -0.642. The van der Waals surface area contributed by atoms with E-state index in [9.17, 15) is 8.78 Å². The average Bonchev–Trinajstić information content (AvgIpc) is 2.56. The molecule has 0 atom stereocenters. The van der Waals surface area contributed by atoms with Crippen molar-refractivity contribution in [3.05, 3.63) is 35.5 Å². The first-order chi connectivity index (χ1) is 9.01. The van der Waals surface area contributed by atoms with Crippen LogP contribution in [0.1, 0.15) is 19.0 Å². The molecule has 102 valence electrons. The Morgan fingerprint density at radius 2 is 1.89 bits per heavy atom. The lowest BCUT2D eigenvalue weighted by atomic mass is 10.2. The van der Waals surface area contributed by atoms with E-state index >= 15 is 0 Å². The number of anilines is 3. The SMILES string of the molecule is CCCc1nn(C)c(Nc2cc(F)cc(F)c2)c1N. The molecule has 0 aliphatic rings. The predicted octanol–water partition coefficient (Wildman–Crippen LogP) is 2.98. The summed E-state index contributed by atoms with van der Waals surface area (Å²) in [6.07, 6.45) is 1.69. The summed E-state index contributed by atoms with van der Waals surface area (Å²) in [6.45, 7) is 2.03. The van der Waals surface area contributed by atoms with Gasteiger partial charge in [0.15, 0.2) is 5.82 Å². The highest BCUT2D eigenvalue weighted by Crippen LogP contribution is 2.27. The van der Waals surface area contributed by atoms with E-state index in [4.69, 9.17) is 5.73 Å². The second-order valence-electron chi connectivity index (χ2n) is 4.37. The largest absolute Gasteiger partial charge is 0.394 e. The molecule has 1 heterocycles. The van der Waals surface area contributed by atoms with Crippen molar-refractivity contribution in [1.82, 2.24) is 9.78 Å². The third-order valence-electron chi connectivity index (χ3n) is 2.77. The fourth-order valence-corrected chi connectivity index (χ4v) is 1.93. The van der Waals surface area contributed by atoms with Crippen LogP contribution in [0.25, 0.3) is 0 Å². The van der Waals surface area contributed by atoms with Crippen molar-refractivity contribution in [2.75, 3.05) is 11.1 Å². The second kappa shape index (κ2) is 5.26. The Morgan fingerprint density at radius 1 is 1.26 bits per heavy atom. The average molecular weight is 266 g/mol. The van der Waals surface area contributed by atoms with Gasteiger partial charge in [0, 0.05) is 18.8 Å². The van der Waals surface area contributed by atoms with Crippen LogP contribution >= 0.6 is 0 Å². The van der Waals surface area contributed by atoms with E-state index < -0.39 is 11.6 Å². The Kier molecular flexibility index (Phi) is 3.69. The van der Waals surface area contributed by atoms with Gasteiger partial charge in [0.2, 0.25) is 0 Å². The summed E-state index contributed by atoms with van der Waals surface area (Å²) in [5.74, 6) is -0.748. The third kappa shape index (κ3) is 2.83. The topological polar surface area (TPSA) is 55.9 Å². The molecule has 0 unspecified atom stereocenters. The zero-order valence-corrected chi connectivity index (χ0v) is 10.9. The van der Waals surface area contributed by atoms with Crippen molar-refractivity contribution in [3.8, 4) is 0 Å². The third-order valence-corrected chi connectivity index (χ3v) is 2.77. The normalized spacial score (nSPS) is 10.7. The predicted molar refractivity (Wildman–Crippen MR) is 71.3 cm³/mol. The Morgan fingerprint density at radius 3 is 2.47 bits per heavy atom. The van der Waals surface area contributed by atoms with Gasteiger partial charge in [-0.2, -0.15) is 5.10 Å². The van der Waals surface area contributed by atoms with E-state index in [1.165, 1.54) is 12.1 Å². The fourth-order valence-electron chi connectivity index (χ4n) is 1.93. The van der Waals surface area contributed by atoms with Gasteiger partial charge in [0.05, 0.1) is 11.4 Å². The van der Waals surface area contributed by atoms with E-state index in [2.05, 4.69) is 10.4 Å². The lowest BCUT2D eigenvalue weighted by Crippen LogP contribution is -2.02. The molecule has 0 saturated heterocycles. The van der Waals surface area contributed by atoms with Crippen LogP contribution in [0.3, 0.4) is 0 Å². The number of nitrogens with zero attached hydrogens (tertiary/aromatic N) is 2. The van der Waals surface area contributed by atoms with Gasteiger partial charge in [0.25, 0.3) is 0 Å². The molecule has 0 aliphatic carbocycles. The molecular weight excluding hydrogens is 250 g/mol. The lowest BCUT2D eigenvalue weighted by Gasteiger charge is -2.08. The van der Waals surface area contributed by atoms with Crippen LogP contribution in [0.2, 0.25) is 0 Å². The molecule has 3 N–H and O–H groups in total. The standard InChI is InChI=1S/C13H16F2N4/c1-3-4-11-12(16)13(19(2)18-11)17-10-6-8(14)5-9(15)7-10/h5-7,17H,3-4,16H2,1-2H3. The monoisotopic (exact) mass is 266 g/mol. The highest BCUT2D eigenvalue weighted by atomic mass is 19.1. The highest BCUT2D eigenvalue weighted by Gasteiger charge is 2.13. The molecule has 0 aliphatic heterocycles. The number of hydrogen-bond donors (Lipinski definition) is 2. The number of rotatable bonds is 4.